The smallest absolute Gasteiger partial charge is 0.222 e. The van der Waals surface area contributed by atoms with Gasteiger partial charge in [0.15, 0.2) is 0 Å². The largest absolute Gasteiger partial charge is 0.395 e. The average molecular weight is 295 g/mol. The maximum absolute atomic E-state index is 12.2. The molecule has 1 unspecified atom stereocenters. The molecule has 1 aliphatic rings. The van der Waals surface area contributed by atoms with Crippen LogP contribution >= 0.6 is 0 Å². The van der Waals surface area contributed by atoms with E-state index in [9.17, 15) is 9.90 Å². The Morgan fingerprint density at radius 1 is 1.33 bits per heavy atom. The van der Waals surface area contributed by atoms with E-state index in [1.54, 1.807) is 10.9 Å². The minimum absolute atomic E-state index is 0.197. The molecule has 0 aromatic carbocycles. The zero-order valence-electron chi connectivity index (χ0n) is 12.7. The van der Waals surface area contributed by atoms with Crippen LogP contribution in [0.3, 0.4) is 0 Å². The molecule has 7 heteroatoms. The van der Waals surface area contributed by atoms with Gasteiger partial charge < -0.3 is 10.0 Å². The lowest BCUT2D eigenvalue weighted by Crippen LogP contribution is -2.52. The minimum Gasteiger partial charge on any atom is -0.395 e. The van der Waals surface area contributed by atoms with E-state index in [-0.39, 0.29) is 18.6 Å². The minimum atomic E-state index is 0.197. The molecule has 0 bridgehead atoms. The maximum Gasteiger partial charge on any atom is 0.222 e. The highest BCUT2D eigenvalue weighted by atomic mass is 16.3. The fraction of sp³-hybridized carbons (Fsp3) is 0.786. The topological polar surface area (TPSA) is 74.5 Å². The second kappa shape index (κ2) is 8.09. The van der Waals surface area contributed by atoms with Crippen LogP contribution in [0.25, 0.3) is 0 Å². The first kappa shape index (κ1) is 15.9. The summed E-state index contributed by atoms with van der Waals surface area (Å²) < 4.78 is 1.75. The van der Waals surface area contributed by atoms with Gasteiger partial charge in [0.25, 0.3) is 0 Å². The Hall–Kier alpha value is -1.47. The number of carbonyl (C=O) groups excluding carboxylic acids is 1. The van der Waals surface area contributed by atoms with Crippen molar-refractivity contribution in [2.24, 2.45) is 0 Å². The monoisotopic (exact) mass is 295 g/mol. The Morgan fingerprint density at radius 3 is 2.67 bits per heavy atom. The highest BCUT2D eigenvalue weighted by Gasteiger charge is 2.24. The summed E-state index contributed by atoms with van der Waals surface area (Å²) in [7, 11) is 0. The molecule has 1 saturated heterocycles. The molecule has 1 fully saturated rings. The molecule has 2 heterocycles. The van der Waals surface area contributed by atoms with Crippen LogP contribution in [0.1, 0.15) is 26.2 Å². The number of amides is 1. The molecule has 1 N–H and O–H groups in total. The Labute approximate surface area is 125 Å². The predicted octanol–water partition coefficient (Wildman–Crippen LogP) is -0.0266. The molecule has 0 aliphatic carbocycles. The van der Waals surface area contributed by atoms with E-state index >= 15 is 0 Å². The van der Waals surface area contributed by atoms with Gasteiger partial charge in [-0.1, -0.05) is 12.1 Å². The Balaban J connectivity index is 1.68. The molecule has 7 nitrogen and oxygen atoms in total. The van der Waals surface area contributed by atoms with E-state index < -0.39 is 0 Å². The van der Waals surface area contributed by atoms with Crippen LogP contribution in [0.5, 0.6) is 0 Å². The van der Waals surface area contributed by atoms with Crippen LogP contribution in [-0.4, -0.2) is 74.6 Å². The molecule has 0 spiro atoms. The standard InChI is InChI=1S/C14H25N5O2/c1-2-13(12-20)17-8-10-18(11-9-17)14(21)4-3-6-19-7-5-15-16-19/h5,7,13,20H,2-4,6,8-12H2,1H3. The maximum atomic E-state index is 12.2. The van der Waals surface area contributed by atoms with E-state index in [1.807, 2.05) is 11.1 Å². The lowest BCUT2D eigenvalue weighted by molar-refractivity contribution is -0.133. The molecule has 21 heavy (non-hydrogen) atoms. The molecule has 0 saturated carbocycles. The summed E-state index contributed by atoms with van der Waals surface area (Å²) in [5.41, 5.74) is 0. The highest BCUT2D eigenvalue weighted by molar-refractivity contribution is 5.76. The first-order valence-electron chi connectivity index (χ1n) is 7.71. The molecule has 118 valence electrons. The van der Waals surface area contributed by atoms with Gasteiger partial charge in [-0.05, 0) is 12.8 Å². The zero-order valence-corrected chi connectivity index (χ0v) is 12.7. The number of hydrogen-bond donors (Lipinski definition) is 1. The van der Waals surface area contributed by atoms with Crippen LogP contribution in [0, 0.1) is 0 Å². The van der Waals surface area contributed by atoms with Crippen molar-refractivity contribution in [2.45, 2.75) is 38.8 Å². The van der Waals surface area contributed by atoms with Gasteiger partial charge >= 0.3 is 0 Å². The summed E-state index contributed by atoms with van der Waals surface area (Å²) in [5.74, 6) is 0.215. The van der Waals surface area contributed by atoms with Crippen molar-refractivity contribution in [1.29, 1.82) is 0 Å². The third-order valence-electron chi connectivity index (χ3n) is 4.12. The SMILES string of the molecule is CCC(CO)N1CCN(C(=O)CCCn2ccnn2)CC1. The van der Waals surface area contributed by atoms with E-state index in [0.29, 0.717) is 6.42 Å². The number of carbonyl (C=O) groups is 1. The Bertz CT molecular complexity index is 411. The molecule has 1 atom stereocenters. The van der Waals surface area contributed by atoms with Gasteiger partial charge in [0, 0.05) is 51.4 Å². The molecular weight excluding hydrogens is 270 g/mol. The van der Waals surface area contributed by atoms with Crippen LogP contribution in [0.4, 0.5) is 0 Å². The number of aryl methyl sites for hydroxylation is 1. The molecule has 1 aliphatic heterocycles. The third-order valence-corrected chi connectivity index (χ3v) is 4.12. The first-order chi connectivity index (χ1) is 10.2. The lowest BCUT2D eigenvalue weighted by Gasteiger charge is -2.38. The molecule has 1 aromatic heterocycles. The predicted molar refractivity (Wildman–Crippen MR) is 78.6 cm³/mol. The van der Waals surface area contributed by atoms with E-state index in [1.165, 1.54) is 0 Å². The lowest BCUT2D eigenvalue weighted by atomic mass is 10.1. The van der Waals surface area contributed by atoms with Crippen molar-refractivity contribution in [3.8, 4) is 0 Å². The van der Waals surface area contributed by atoms with Gasteiger partial charge in [-0.15, -0.1) is 5.10 Å². The molecular formula is C14H25N5O2. The second-order valence-electron chi connectivity index (χ2n) is 5.43. The van der Waals surface area contributed by atoms with Gasteiger partial charge in [0.1, 0.15) is 0 Å². The Morgan fingerprint density at radius 2 is 2.10 bits per heavy atom. The van der Waals surface area contributed by atoms with Crippen LogP contribution in [-0.2, 0) is 11.3 Å². The number of aliphatic hydroxyl groups excluding tert-OH is 1. The Kier molecular flexibility index (Phi) is 6.13. The first-order valence-corrected chi connectivity index (χ1v) is 7.71. The van der Waals surface area contributed by atoms with Crippen molar-refractivity contribution in [1.82, 2.24) is 24.8 Å². The number of nitrogens with zero attached hydrogens (tertiary/aromatic N) is 5. The van der Waals surface area contributed by atoms with Crippen molar-refractivity contribution in [3.05, 3.63) is 12.4 Å². The van der Waals surface area contributed by atoms with E-state index in [0.717, 1.165) is 45.6 Å². The summed E-state index contributed by atoms with van der Waals surface area (Å²) in [6, 6.07) is 0.231. The van der Waals surface area contributed by atoms with E-state index in [2.05, 4.69) is 22.1 Å². The normalized spacial score (nSPS) is 17.9. The molecule has 1 amide bonds. The highest BCUT2D eigenvalue weighted by Crippen LogP contribution is 2.10. The summed E-state index contributed by atoms with van der Waals surface area (Å²) in [4.78, 5) is 16.4. The van der Waals surface area contributed by atoms with Crippen LogP contribution < -0.4 is 0 Å². The molecule has 0 radical (unpaired) electrons. The van der Waals surface area contributed by atoms with E-state index in [4.69, 9.17) is 0 Å². The fourth-order valence-corrected chi connectivity index (χ4v) is 2.74. The number of rotatable bonds is 7. The average Bonchev–Trinajstić information content (AvgIpc) is 3.02. The molecule has 2 rings (SSSR count). The third kappa shape index (κ3) is 4.50. The van der Waals surface area contributed by atoms with Gasteiger partial charge in [0.2, 0.25) is 5.91 Å². The van der Waals surface area contributed by atoms with Crippen LogP contribution in [0.15, 0.2) is 12.4 Å². The zero-order chi connectivity index (χ0) is 15.1. The van der Waals surface area contributed by atoms with Crippen molar-refractivity contribution in [2.75, 3.05) is 32.8 Å². The summed E-state index contributed by atoms with van der Waals surface area (Å²) in [6.07, 6.45) is 5.74. The fourth-order valence-electron chi connectivity index (χ4n) is 2.74. The van der Waals surface area contributed by atoms with Gasteiger partial charge in [0.05, 0.1) is 12.8 Å². The van der Waals surface area contributed by atoms with Crippen molar-refractivity contribution >= 4 is 5.91 Å². The summed E-state index contributed by atoms with van der Waals surface area (Å²) in [5, 5.41) is 17.0. The summed E-state index contributed by atoms with van der Waals surface area (Å²) in [6.45, 7) is 6.25. The van der Waals surface area contributed by atoms with Gasteiger partial charge in [-0.3, -0.25) is 14.4 Å². The van der Waals surface area contributed by atoms with Crippen molar-refractivity contribution in [3.63, 3.8) is 0 Å². The van der Waals surface area contributed by atoms with Gasteiger partial charge in [-0.25, -0.2) is 0 Å². The van der Waals surface area contributed by atoms with Gasteiger partial charge in [-0.2, -0.15) is 0 Å². The number of piperazine rings is 1. The van der Waals surface area contributed by atoms with Crippen LogP contribution in [0.2, 0.25) is 0 Å². The van der Waals surface area contributed by atoms with Crippen molar-refractivity contribution < 1.29 is 9.90 Å². The molecule has 1 aromatic rings. The number of aromatic nitrogens is 3. The summed E-state index contributed by atoms with van der Waals surface area (Å²) >= 11 is 0. The second-order valence-corrected chi connectivity index (χ2v) is 5.43. The number of hydrogen-bond acceptors (Lipinski definition) is 5. The number of aliphatic hydroxyl groups is 1. The quantitative estimate of drug-likeness (QED) is 0.765.